The van der Waals surface area contributed by atoms with Crippen molar-refractivity contribution in [3.8, 4) is 0 Å². The summed E-state index contributed by atoms with van der Waals surface area (Å²) < 4.78 is 0. The predicted octanol–water partition coefficient (Wildman–Crippen LogP) is 3.39. The average molecular weight is 220 g/mol. The molecule has 2 bridgehead atoms. The van der Waals surface area contributed by atoms with Crippen LogP contribution < -0.4 is 0 Å². The minimum atomic E-state index is 0.137. The Labute approximate surface area is 98.9 Å². The van der Waals surface area contributed by atoms with Crippen LogP contribution in [0.25, 0.3) is 0 Å². The average Bonchev–Trinajstić information content (AvgIpc) is 2.70. The first-order valence-electron chi connectivity index (χ1n) is 6.83. The van der Waals surface area contributed by atoms with Crippen LogP contribution in [0.5, 0.6) is 0 Å². The van der Waals surface area contributed by atoms with E-state index < -0.39 is 0 Å². The van der Waals surface area contributed by atoms with Gasteiger partial charge in [-0.1, -0.05) is 26.0 Å². The molecule has 3 fully saturated rings. The minimum absolute atomic E-state index is 0.137. The molecule has 3 rings (SSSR count). The zero-order valence-electron chi connectivity index (χ0n) is 10.6. The smallest absolute Gasteiger partial charge is 0.0493 e. The molecular formula is C15H24O. The molecule has 3 saturated carbocycles. The van der Waals surface area contributed by atoms with Crippen LogP contribution in [-0.4, -0.2) is 11.7 Å². The topological polar surface area (TPSA) is 20.2 Å². The second kappa shape index (κ2) is 3.13. The molecule has 3 aliphatic carbocycles. The maximum absolute atomic E-state index is 9.88. The van der Waals surface area contributed by atoms with Crippen molar-refractivity contribution >= 4 is 0 Å². The molecule has 0 aromatic rings. The molecule has 5 atom stereocenters. The molecule has 0 heterocycles. The van der Waals surface area contributed by atoms with Gasteiger partial charge in [0, 0.05) is 12.0 Å². The Morgan fingerprint density at radius 2 is 2.19 bits per heavy atom. The first-order chi connectivity index (χ1) is 7.54. The van der Waals surface area contributed by atoms with Crippen LogP contribution >= 0.6 is 0 Å². The molecule has 90 valence electrons. The summed E-state index contributed by atoms with van der Waals surface area (Å²) in [6.45, 7) is 9.39. The van der Waals surface area contributed by atoms with E-state index in [4.69, 9.17) is 0 Å². The van der Waals surface area contributed by atoms with E-state index in [2.05, 4.69) is 20.4 Å². The lowest BCUT2D eigenvalue weighted by molar-refractivity contribution is 0.0519. The van der Waals surface area contributed by atoms with Gasteiger partial charge in [-0.2, -0.15) is 0 Å². The SMILES string of the molecule is C=C1CCC23CC1C(C)(CO)C2CCC3C. The Balaban J connectivity index is 2.08. The third-order valence-electron chi connectivity index (χ3n) is 6.49. The predicted molar refractivity (Wildman–Crippen MR) is 66.0 cm³/mol. The molecule has 5 unspecified atom stereocenters. The van der Waals surface area contributed by atoms with Gasteiger partial charge in [-0.3, -0.25) is 0 Å². The lowest BCUT2D eigenvalue weighted by Crippen LogP contribution is -2.34. The van der Waals surface area contributed by atoms with Crippen molar-refractivity contribution in [2.75, 3.05) is 6.61 Å². The monoisotopic (exact) mass is 220 g/mol. The standard InChI is InChI=1S/C15H24O/c1-10-6-7-15-8-12(10)14(3,9-16)13(15)5-4-11(15)2/h11-13,16H,1,4-9H2,2-3H3. The second-order valence-corrected chi connectivity index (χ2v) is 6.84. The molecule has 0 amide bonds. The maximum atomic E-state index is 9.88. The van der Waals surface area contributed by atoms with Gasteiger partial charge in [-0.25, -0.2) is 0 Å². The molecule has 0 saturated heterocycles. The van der Waals surface area contributed by atoms with E-state index in [0.29, 0.717) is 17.9 Å². The van der Waals surface area contributed by atoms with Crippen molar-refractivity contribution in [3.05, 3.63) is 12.2 Å². The highest BCUT2D eigenvalue weighted by molar-refractivity contribution is 5.24. The first-order valence-corrected chi connectivity index (χ1v) is 6.83. The lowest BCUT2D eigenvalue weighted by Gasteiger charge is -2.38. The zero-order valence-corrected chi connectivity index (χ0v) is 10.6. The number of allylic oxidation sites excluding steroid dienone is 1. The molecule has 16 heavy (non-hydrogen) atoms. The maximum Gasteiger partial charge on any atom is 0.0493 e. The molecule has 1 spiro atoms. The number of aliphatic hydroxyl groups excluding tert-OH is 1. The van der Waals surface area contributed by atoms with Crippen LogP contribution in [0.15, 0.2) is 12.2 Å². The first kappa shape index (κ1) is 10.8. The fourth-order valence-electron chi connectivity index (χ4n) is 5.44. The van der Waals surface area contributed by atoms with Crippen LogP contribution in [0.2, 0.25) is 0 Å². The van der Waals surface area contributed by atoms with Gasteiger partial charge in [0.1, 0.15) is 0 Å². The van der Waals surface area contributed by atoms with E-state index in [1.807, 2.05) is 0 Å². The Bertz CT molecular complexity index is 334. The van der Waals surface area contributed by atoms with Crippen molar-refractivity contribution in [2.45, 2.75) is 46.0 Å². The third-order valence-corrected chi connectivity index (χ3v) is 6.49. The van der Waals surface area contributed by atoms with Crippen LogP contribution in [0, 0.1) is 28.6 Å². The van der Waals surface area contributed by atoms with E-state index in [0.717, 1.165) is 11.8 Å². The van der Waals surface area contributed by atoms with Crippen molar-refractivity contribution in [3.63, 3.8) is 0 Å². The molecule has 3 aliphatic rings. The van der Waals surface area contributed by atoms with E-state index in [-0.39, 0.29) is 5.41 Å². The van der Waals surface area contributed by atoms with Crippen molar-refractivity contribution in [1.29, 1.82) is 0 Å². The van der Waals surface area contributed by atoms with Crippen molar-refractivity contribution in [1.82, 2.24) is 0 Å². The van der Waals surface area contributed by atoms with E-state index in [9.17, 15) is 5.11 Å². The summed E-state index contributed by atoms with van der Waals surface area (Å²) in [5.74, 6) is 2.21. The second-order valence-electron chi connectivity index (χ2n) is 6.84. The Kier molecular flexibility index (Phi) is 2.12. The molecule has 0 aliphatic heterocycles. The highest BCUT2D eigenvalue weighted by atomic mass is 16.3. The minimum Gasteiger partial charge on any atom is -0.396 e. The van der Waals surface area contributed by atoms with Gasteiger partial charge in [0.05, 0.1) is 0 Å². The fourth-order valence-corrected chi connectivity index (χ4v) is 5.44. The summed E-state index contributed by atoms with van der Waals surface area (Å²) in [6.07, 6.45) is 6.57. The third kappa shape index (κ3) is 1.01. The molecule has 1 nitrogen and oxygen atoms in total. The number of rotatable bonds is 1. The highest BCUT2D eigenvalue weighted by Crippen LogP contribution is 2.72. The van der Waals surface area contributed by atoms with Gasteiger partial charge in [-0.05, 0) is 55.3 Å². The van der Waals surface area contributed by atoms with Crippen molar-refractivity contribution < 1.29 is 5.11 Å². The van der Waals surface area contributed by atoms with Gasteiger partial charge in [0.25, 0.3) is 0 Å². The van der Waals surface area contributed by atoms with Crippen LogP contribution in [0.4, 0.5) is 0 Å². The summed E-state index contributed by atoms with van der Waals surface area (Å²) in [6, 6.07) is 0. The van der Waals surface area contributed by atoms with Gasteiger partial charge in [-0.15, -0.1) is 0 Å². The number of hydrogen-bond donors (Lipinski definition) is 1. The van der Waals surface area contributed by atoms with Gasteiger partial charge in [0.15, 0.2) is 0 Å². The van der Waals surface area contributed by atoms with E-state index >= 15 is 0 Å². The van der Waals surface area contributed by atoms with Gasteiger partial charge >= 0.3 is 0 Å². The summed E-state index contributed by atoms with van der Waals surface area (Å²) in [7, 11) is 0. The lowest BCUT2D eigenvalue weighted by atomic mass is 9.67. The van der Waals surface area contributed by atoms with Crippen LogP contribution in [0.1, 0.15) is 46.0 Å². The molecule has 1 N–H and O–H groups in total. The molecule has 1 heteroatoms. The van der Waals surface area contributed by atoms with Crippen molar-refractivity contribution in [2.24, 2.45) is 28.6 Å². The number of fused-ring (bicyclic) bond motifs is 1. The van der Waals surface area contributed by atoms with E-state index in [1.165, 1.54) is 37.7 Å². The molecular weight excluding hydrogens is 196 g/mol. The van der Waals surface area contributed by atoms with Gasteiger partial charge in [0.2, 0.25) is 0 Å². The summed E-state index contributed by atoms with van der Waals surface area (Å²) in [5, 5.41) is 9.88. The Morgan fingerprint density at radius 1 is 1.44 bits per heavy atom. The summed E-state index contributed by atoms with van der Waals surface area (Å²) >= 11 is 0. The number of hydrogen-bond acceptors (Lipinski definition) is 1. The van der Waals surface area contributed by atoms with Gasteiger partial charge < -0.3 is 5.11 Å². The quantitative estimate of drug-likeness (QED) is 0.672. The molecule has 0 aromatic heterocycles. The van der Waals surface area contributed by atoms with E-state index in [1.54, 1.807) is 0 Å². The van der Waals surface area contributed by atoms with Crippen LogP contribution in [-0.2, 0) is 0 Å². The highest BCUT2D eigenvalue weighted by Gasteiger charge is 2.65. The fraction of sp³-hybridized carbons (Fsp3) is 0.867. The normalized spacial score (nSPS) is 55.4. The Morgan fingerprint density at radius 3 is 2.88 bits per heavy atom. The molecule has 0 radical (unpaired) electrons. The largest absolute Gasteiger partial charge is 0.396 e. The summed E-state index contributed by atoms with van der Waals surface area (Å²) in [4.78, 5) is 0. The Hall–Kier alpha value is -0.300. The number of aliphatic hydroxyl groups is 1. The summed E-state index contributed by atoms with van der Waals surface area (Å²) in [5.41, 5.74) is 2.12. The molecule has 0 aromatic carbocycles. The van der Waals surface area contributed by atoms with Crippen LogP contribution in [0.3, 0.4) is 0 Å². The zero-order chi connectivity index (χ0) is 11.6.